The highest BCUT2D eigenvalue weighted by Crippen LogP contribution is 2.36. The Morgan fingerprint density at radius 2 is 1.75 bits per heavy atom. The molecule has 0 aromatic heterocycles. The first-order chi connectivity index (χ1) is 9.47. The van der Waals surface area contributed by atoms with Gasteiger partial charge >= 0.3 is 0 Å². The summed E-state index contributed by atoms with van der Waals surface area (Å²) in [6, 6.07) is 3.17. The Labute approximate surface area is 123 Å². The Hall–Kier alpha value is -1.75. The van der Waals surface area contributed by atoms with Gasteiger partial charge in [-0.2, -0.15) is 0 Å². The number of nitrogens with one attached hydrogen (secondary N) is 1. The molecular formula is C14H18ClNO4. The average molecular weight is 300 g/mol. The van der Waals surface area contributed by atoms with Crippen LogP contribution in [-0.4, -0.2) is 24.9 Å². The van der Waals surface area contributed by atoms with Gasteiger partial charge in [-0.1, -0.05) is 11.6 Å². The fourth-order valence-electron chi connectivity index (χ4n) is 1.59. The summed E-state index contributed by atoms with van der Waals surface area (Å²) < 4.78 is 10.8. The summed E-state index contributed by atoms with van der Waals surface area (Å²) in [5.41, 5.74) is 0.436. The average Bonchev–Trinajstić information content (AvgIpc) is 2.34. The van der Waals surface area contributed by atoms with Gasteiger partial charge in [0.15, 0.2) is 0 Å². The zero-order valence-corrected chi connectivity index (χ0v) is 12.5. The summed E-state index contributed by atoms with van der Waals surface area (Å²) in [5, 5.41) is 3.03. The molecule has 5 nitrogen and oxygen atoms in total. The van der Waals surface area contributed by atoms with Crippen LogP contribution in [0, 0.1) is 0 Å². The number of anilines is 1. The number of benzene rings is 1. The molecule has 1 aromatic carbocycles. The van der Waals surface area contributed by atoms with Gasteiger partial charge in [0.1, 0.15) is 17.3 Å². The quantitative estimate of drug-likeness (QED) is 0.786. The Morgan fingerprint density at radius 3 is 2.30 bits per heavy atom. The molecular weight excluding hydrogens is 282 g/mol. The minimum absolute atomic E-state index is 0.182. The Morgan fingerprint density at radius 1 is 1.15 bits per heavy atom. The van der Waals surface area contributed by atoms with E-state index < -0.39 is 5.91 Å². The second kappa shape index (κ2) is 7.75. The van der Waals surface area contributed by atoms with Crippen molar-refractivity contribution in [3.05, 3.63) is 17.2 Å². The molecule has 0 spiro atoms. The van der Waals surface area contributed by atoms with Crippen molar-refractivity contribution in [3.8, 4) is 11.5 Å². The molecule has 1 aromatic rings. The SMILES string of the molecule is CCOc1cc(NC(=O)CC(C)=O)c(OCC)cc1Cl. The van der Waals surface area contributed by atoms with E-state index in [-0.39, 0.29) is 12.2 Å². The molecule has 0 unspecified atom stereocenters. The number of hydrogen-bond donors (Lipinski definition) is 1. The molecule has 6 heteroatoms. The summed E-state index contributed by atoms with van der Waals surface area (Å²) in [5.74, 6) is 0.288. The fraction of sp³-hybridized carbons (Fsp3) is 0.429. The fourth-order valence-corrected chi connectivity index (χ4v) is 1.80. The van der Waals surface area contributed by atoms with E-state index in [1.54, 1.807) is 12.1 Å². The van der Waals surface area contributed by atoms with Crippen molar-refractivity contribution in [1.29, 1.82) is 0 Å². The van der Waals surface area contributed by atoms with Crippen LogP contribution in [0.3, 0.4) is 0 Å². The first-order valence-corrected chi connectivity index (χ1v) is 6.74. The first-order valence-electron chi connectivity index (χ1n) is 6.36. The van der Waals surface area contributed by atoms with Crippen LogP contribution in [0.15, 0.2) is 12.1 Å². The molecule has 0 aliphatic heterocycles. The molecule has 0 fully saturated rings. The zero-order valence-electron chi connectivity index (χ0n) is 11.8. The van der Waals surface area contributed by atoms with Crippen LogP contribution in [0.1, 0.15) is 27.2 Å². The molecule has 1 amide bonds. The maximum Gasteiger partial charge on any atom is 0.231 e. The first kappa shape index (κ1) is 16.3. The van der Waals surface area contributed by atoms with E-state index in [9.17, 15) is 9.59 Å². The normalized spacial score (nSPS) is 10.0. The van der Waals surface area contributed by atoms with Crippen molar-refractivity contribution in [2.45, 2.75) is 27.2 Å². The van der Waals surface area contributed by atoms with E-state index in [2.05, 4.69) is 5.32 Å². The number of ketones is 1. The number of halogens is 1. The zero-order chi connectivity index (χ0) is 15.1. The van der Waals surface area contributed by atoms with Crippen LogP contribution in [0.4, 0.5) is 5.69 Å². The molecule has 0 aliphatic carbocycles. The summed E-state index contributed by atoms with van der Waals surface area (Å²) in [7, 11) is 0. The summed E-state index contributed by atoms with van der Waals surface area (Å²) in [6.45, 7) is 5.90. The topological polar surface area (TPSA) is 64.6 Å². The second-order valence-corrected chi connectivity index (χ2v) is 4.48. The van der Waals surface area contributed by atoms with E-state index in [0.717, 1.165) is 0 Å². The van der Waals surface area contributed by atoms with Crippen molar-refractivity contribution in [1.82, 2.24) is 0 Å². The Bertz CT molecular complexity index is 502. The molecule has 0 saturated heterocycles. The monoisotopic (exact) mass is 299 g/mol. The van der Waals surface area contributed by atoms with E-state index >= 15 is 0 Å². The van der Waals surface area contributed by atoms with Crippen molar-refractivity contribution >= 4 is 29.0 Å². The van der Waals surface area contributed by atoms with Gasteiger partial charge in [-0.3, -0.25) is 9.59 Å². The summed E-state index contributed by atoms with van der Waals surface area (Å²) in [4.78, 5) is 22.6. The standard InChI is InChI=1S/C14H18ClNO4/c1-4-19-12-8-11(16-14(18)6-9(3)17)13(20-5-2)7-10(12)15/h7-8H,4-6H2,1-3H3,(H,16,18). The molecule has 1 N–H and O–H groups in total. The van der Waals surface area contributed by atoms with Crippen molar-refractivity contribution < 1.29 is 19.1 Å². The van der Waals surface area contributed by atoms with Crippen LogP contribution in [0.25, 0.3) is 0 Å². The lowest BCUT2D eigenvalue weighted by Crippen LogP contribution is -2.15. The van der Waals surface area contributed by atoms with Crippen LogP contribution < -0.4 is 14.8 Å². The maximum atomic E-state index is 11.7. The van der Waals surface area contributed by atoms with Gasteiger partial charge in [0, 0.05) is 12.1 Å². The number of hydrogen-bond acceptors (Lipinski definition) is 4. The number of rotatable bonds is 7. The Balaban J connectivity index is 3.03. The molecule has 0 heterocycles. The van der Waals surface area contributed by atoms with E-state index in [4.69, 9.17) is 21.1 Å². The lowest BCUT2D eigenvalue weighted by atomic mass is 10.2. The van der Waals surface area contributed by atoms with E-state index in [1.807, 2.05) is 13.8 Å². The minimum atomic E-state index is -0.400. The van der Waals surface area contributed by atoms with Crippen LogP contribution >= 0.6 is 11.6 Å². The summed E-state index contributed by atoms with van der Waals surface area (Å²) >= 11 is 6.06. The predicted molar refractivity (Wildman–Crippen MR) is 77.7 cm³/mol. The number of amides is 1. The molecule has 0 atom stereocenters. The van der Waals surface area contributed by atoms with Gasteiger partial charge in [0.25, 0.3) is 0 Å². The lowest BCUT2D eigenvalue weighted by molar-refractivity contribution is -0.124. The van der Waals surface area contributed by atoms with Gasteiger partial charge in [0.05, 0.1) is 30.3 Å². The van der Waals surface area contributed by atoms with Crippen molar-refractivity contribution in [2.75, 3.05) is 18.5 Å². The van der Waals surface area contributed by atoms with Gasteiger partial charge in [-0.05, 0) is 20.8 Å². The molecule has 0 saturated carbocycles. The van der Waals surface area contributed by atoms with Crippen LogP contribution in [0.5, 0.6) is 11.5 Å². The summed E-state index contributed by atoms with van der Waals surface area (Å²) in [6.07, 6.45) is -0.182. The molecule has 110 valence electrons. The second-order valence-electron chi connectivity index (χ2n) is 4.07. The van der Waals surface area contributed by atoms with E-state index in [0.29, 0.717) is 35.4 Å². The number of ether oxygens (including phenoxy) is 2. The van der Waals surface area contributed by atoms with E-state index in [1.165, 1.54) is 6.92 Å². The highest BCUT2D eigenvalue weighted by Gasteiger charge is 2.14. The predicted octanol–water partition coefficient (Wildman–Crippen LogP) is 3.06. The lowest BCUT2D eigenvalue weighted by Gasteiger charge is -2.14. The molecule has 0 radical (unpaired) electrons. The van der Waals surface area contributed by atoms with Crippen molar-refractivity contribution in [2.24, 2.45) is 0 Å². The van der Waals surface area contributed by atoms with Gasteiger partial charge in [0.2, 0.25) is 5.91 Å². The Kier molecular flexibility index (Phi) is 6.31. The highest BCUT2D eigenvalue weighted by molar-refractivity contribution is 6.32. The van der Waals surface area contributed by atoms with Gasteiger partial charge in [-0.15, -0.1) is 0 Å². The third-order valence-corrected chi connectivity index (χ3v) is 2.61. The van der Waals surface area contributed by atoms with Gasteiger partial charge < -0.3 is 14.8 Å². The van der Waals surface area contributed by atoms with Crippen molar-refractivity contribution in [3.63, 3.8) is 0 Å². The number of Topliss-reactive ketones (excluding diaryl/α,β-unsaturated/α-hetero) is 1. The molecule has 1 rings (SSSR count). The minimum Gasteiger partial charge on any atom is -0.492 e. The number of carbonyl (C=O) groups is 2. The smallest absolute Gasteiger partial charge is 0.231 e. The third kappa shape index (κ3) is 4.74. The maximum absolute atomic E-state index is 11.7. The van der Waals surface area contributed by atoms with Gasteiger partial charge in [-0.25, -0.2) is 0 Å². The number of carbonyl (C=O) groups excluding carboxylic acids is 2. The van der Waals surface area contributed by atoms with Crippen LogP contribution in [0.2, 0.25) is 5.02 Å². The highest BCUT2D eigenvalue weighted by atomic mass is 35.5. The third-order valence-electron chi connectivity index (χ3n) is 2.32. The van der Waals surface area contributed by atoms with Crippen LogP contribution in [-0.2, 0) is 9.59 Å². The molecule has 20 heavy (non-hydrogen) atoms. The largest absolute Gasteiger partial charge is 0.492 e. The molecule has 0 aliphatic rings. The molecule has 0 bridgehead atoms.